The van der Waals surface area contributed by atoms with Gasteiger partial charge in [-0.15, -0.1) is 11.3 Å². The predicted molar refractivity (Wildman–Crippen MR) is 86.7 cm³/mol. The summed E-state index contributed by atoms with van der Waals surface area (Å²) in [5.41, 5.74) is 8.31. The molecule has 1 amide bonds. The first-order valence-corrected chi connectivity index (χ1v) is 8.14. The van der Waals surface area contributed by atoms with E-state index in [1.54, 1.807) is 0 Å². The van der Waals surface area contributed by atoms with E-state index in [9.17, 15) is 4.79 Å². The molecule has 0 bridgehead atoms. The van der Waals surface area contributed by atoms with Crippen molar-refractivity contribution in [1.82, 2.24) is 9.97 Å². The molecule has 3 aromatic rings. The Labute approximate surface area is 129 Å². The maximum absolute atomic E-state index is 12.0. The lowest BCUT2D eigenvalue weighted by molar-refractivity contribution is -0.115. The number of anilines is 1. The van der Waals surface area contributed by atoms with E-state index >= 15 is 0 Å². The second kappa shape index (κ2) is 5.88. The largest absolute Gasteiger partial charge is 0.325 e. The number of carbonyl (C=O) groups is 1. The number of para-hydroxylation sites is 1. The molecule has 5 nitrogen and oxygen atoms in total. The van der Waals surface area contributed by atoms with Gasteiger partial charge in [0.25, 0.3) is 0 Å². The Morgan fingerprint density at radius 1 is 1.38 bits per heavy atom. The summed E-state index contributed by atoms with van der Waals surface area (Å²) in [7, 11) is 0. The molecule has 2 aromatic heterocycles. The Balaban J connectivity index is 1.72. The van der Waals surface area contributed by atoms with Crippen LogP contribution in [-0.2, 0) is 17.8 Å². The predicted octanol–water partition coefficient (Wildman–Crippen LogP) is 2.70. The quantitative estimate of drug-likeness (QED) is 0.775. The highest BCUT2D eigenvalue weighted by Crippen LogP contribution is 2.27. The van der Waals surface area contributed by atoms with Crippen LogP contribution in [0, 0.1) is 6.92 Å². The molecule has 0 aliphatic heterocycles. The Bertz CT molecular complexity index is 793. The summed E-state index contributed by atoms with van der Waals surface area (Å²) in [6.45, 7) is 2.42. The van der Waals surface area contributed by atoms with Crippen LogP contribution >= 0.6 is 22.7 Å². The summed E-state index contributed by atoms with van der Waals surface area (Å²) >= 11 is 2.95. The van der Waals surface area contributed by atoms with E-state index in [-0.39, 0.29) is 12.3 Å². The fourth-order valence-corrected chi connectivity index (χ4v) is 3.63. The summed E-state index contributed by atoms with van der Waals surface area (Å²) in [4.78, 5) is 20.8. The van der Waals surface area contributed by atoms with Gasteiger partial charge >= 0.3 is 0 Å². The van der Waals surface area contributed by atoms with Gasteiger partial charge in [-0.25, -0.2) is 9.97 Å². The molecular formula is C14H14N4OS2. The minimum Gasteiger partial charge on any atom is -0.325 e. The van der Waals surface area contributed by atoms with Gasteiger partial charge < -0.3 is 11.1 Å². The van der Waals surface area contributed by atoms with Crippen LogP contribution in [0.1, 0.15) is 16.3 Å². The van der Waals surface area contributed by atoms with E-state index in [0.29, 0.717) is 11.7 Å². The van der Waals surface area contributed by atoms with Crippen molar-refractivity contribution >= 4 is 43.9 Å². The van der Waals surface area contributed by atoms with Crippen molar-refractivity contribution in [2.75, 3.05) is 5.32 Å². The molecule has 0 atom stereocenters. The van der Waals surface area contributed by atoms with E-state index < -0.39 is 0 Å². The first kappa shape index (κ1) is 14.1. The first-order valence-electron chi connectivity index (χ1n) is 6.45. The maximum Gasteiger partial charge on any atom is 0.232 e. The third kappa shape index (κ3) is 3.10. The highest BCUT2D eigenvalue weighted by atomic mass is 32.1. The van der Waals surface area contributed by atoms with Gasteiger partial charge in [0.05, 0.1) is 22.3 Å². The molecule has 0 unspecified atom stereocenters. The van der Waals surface area contributed by atoms with Gasteiger partial charge in [-0.2, -0.15) is 0 Å². The average Bonchev–Trinajstić information content (AvgIpc) is 3.05. The molecule has 7 heteroatoms. The number of nitrogens with two attached hydrogens (primary N) is 1. The first-order chi connectivity index (χ1) is 10.2. The Morgan fingerprint density at radius 3 is 2.95 bits per heavy atom. The molecule has 0 fully saturated rings. The summed E-state index contributed by atoms with van der Waals surface area (Å²) in [5.74, 6) is -0.111. The van der Waals surface area contributed by atoms with E-state index in [1.807, 2.05) is 30.5 Å². The number of nitrogens with one attached hydrogen (secondary N) is 1. The number of aromatic nitrogens is 2. The summed E-state index contributed by atoms with van der Waals surface area (Å²) < 4.78 is 1.07. The Kier molecular flexibility index (Phi) is 3.96. The van der Waals surface area contributed by atoms with Crippen LogP contribution in [-0.4, -0.2) is 15.9 Å². The number of rotatable bonds is 4. The van der Waals surface area contributed by atoms with E-state index in [4.69, 9.17) is 5.73 Å². The molecule has 1 aromatic carbocycles. The van der Waals surface area contributed by atoms with E-state index in [0.717, 1.165) is 26.5 Å². The second-order valence-corrected chi connectivity index (χ2v) is 6.58. The highest BCUT2D eigenvalue weighted by Gasteiger charge is 2.11. The zero-order valence-electron chi connectivity index (χ0n) is 11.4. The molecule has 0 radical (unpaired) electrons. The molecule has 0 saturated carbocycles. The van der Waals surface area contributed by atoms with Gasteiger partial charge in [0, 0.05) is 11.9 Å². The smallest absolute Gasteiger partial charge is 0.232 e. The zero-order valence-corrected chi connectivity index (χ0v) is 13.1. The number of aryl methyl sites for hydroxylation is 1. The van der Waals surface area contributed by atoms with Crippen molar-refractivity contribution in [2.24, 2.45) is 5.73 Å². The summed E-state index contributed by atoms with van der Waals surface area (Å²) in [6, 6.07) is 6.01. The average molecular weight is 318 g/mol. The van der Waals surface area contributed by atoms with Crippen LogP contribution in [0.25, 0.3) is 10.2 Å². The molecule has 21 heavy (non-hydrogen) atoms. The van der Waals surface area contributed by atoms with Gasteiger partial charge in [-0.05, 0) is 18.6 Å². The van der Waals surface area contributed by atoms with Crippen LogP contribution < -0.4 is 11.1 Å². The fraction of sp³-hybridized carbons (Fsp3) is 0.214. The van der Waals surface area contributed by atoms with Crippen LogP contribution in [0.15, 0.2) is 23.6 Å². The molecule has 108 valence electrons. The number of fused-ring (bicyclic) bond motifs is 1. The lowest BCUT2D eigenvalue weighted by Crippen LogP contribution is -2.14. The second-order valence-electron chi connectivity index (χ2n) is 4.60. The molecular weight excluding hydrogens is 304 g/mol. The fourth-order valence-electron chi connectivity index (χ4n) is 1.99. The molecule has 0 saturated heterocycles. The van der Waals surface area contributed by atoms with Crippen molar-refractivity contribution in [3.05, 3.63) is 39.8 Å². The third-order valence-electron chi connectivity index (χ3n) is 2.98. The molecule has 3 rings (SSSR count). The lowest BCUT2D eigenvalue weighted by Gasteiger charge is -1.98. The van der Waals surface area contributed by atoms with Crippen molar-refractivity contribution in [2.45, 2.75) is 19.9 Å². The summed E-state index contributed by atoms with van der Waals surface area (Å²) in [5, 5.41) is 6.17. The van der Waals surface area contributed by atoms with Gasteiger partial charge in [0.1, 0.15) is 5.01 Å². The van der Waals surface area contributed by atoms with Crippen LogP contribution in [0.4, 0.5) is 5.13 Å². The van der Waals surface area contributed by atoms with Crippen molar-refractivity contribution in [3.8, 4) is 0 Å². The minimum absolute atomic E-state index is 0.111. The van der Waals surface area contributed by atoms with Crippen LogP contribution in [0.5, 0.6) is 0 Å². The third-order valence-corrected chi connectivity index (χ3v) is 4.84. The Hall–Kier alpha value is -1.83. The number of amides is 1. The topological polar surface area (TPSA) is 80.9 Å². The molecule has 3 N–H and O–H groups in total. The van der Waals surface area contributed by atoms with Gasteiger partial charge in [0.2, 0.25) is 5.91 Å². The van der Waals surface area contributed by atoms with Crippen LogP contribution in [0.2, 0.25) is 0 Å². The van der Waals surface area contributed by atoms with Crippen molar-refractivity contribution in [3.63, 3.8) is 0 Å². The minimum atomic E-state index is -0.111. The molecule has 0 aliphatic carbocycles. The molecule has 0 spiro atoms. The maximum atomic E-state index is 12.0. The van der Waals surface area contributed by atoms with Gasteiger partial charge in [-0.3, -0.25) is 4.79 Å². The number of nitrogens with zero attached hydrogens (tertiary/aromatic N) is 2. The Morgan fingerprint density at radius 2 is 2.24 bits per heavy atom. The van der Waals surface area contributed by atoms with Crippen molar-refractivity contribution in [1.29, 1.82) is 0 Å². The number of benzene rings is 1. The van der Waals surface area contributed by atoms with E-state index in [1.165, 1.54) is 22.7 Å². The van der Waals surface area contributed by atoms with E-state index in [2.05, 4.69) is 15.3 Å². The van der Waals surface area contributed by atoms with Crippen LogP contribution in [0.3, 0.4) is 0 Å². The van der Waals surface area contributed by atoms with Gasteiger partial charge in [-0.1, -0.05) is 23.5 Å². The number of hydrogen-bond acceptors (Lipinski definition) is 6. The monoisotopic (exact) mass is 318 g/mol. The lowest BCUT2D eigenvalue weighted by atomic mass is 10.2. The number of hydrogen-bond donors (Lipinski definition) is 2. The number of carbonyl (C=O) groups excluding carboxylic acids is 1. The molecule has 0 aliphatic rings. The molecule has 2 heterocycles. The summed E-state index contributed by atoms with van der Waals surface area (Å²) in [6.07, 6.45) is 0.241. The SMILES string of the molecule is Cc1cccc2sc(NC(=O)Cc3csc(CN)n3)nc12. The standard InChI is InChI=1S/C14H14N4OS2/c1-8-3-2-4-10-13(8)18-14(21-10)17-11(19)5-9-7-20-12(6-15)16-9/h2-4,7H,5-6,15H2,1H3,(H,17,18,19). The van der Waals surface area contributed by atoms with Gasteiger partial charge in [0.15, 0.2) is 5.13 Å². The normalized spacial score (nSPS) is 11.0. The van der Waals surface area contributed by atoms with Crippen molar-refractivity contribution < 1.29 is 4.79 Å². The zero-order chi connectivity index (χ0) is 14.8. The number of thiazole rings is 2. The highest BCUT2D eigenvalue weighted by molar-refractivity contribution is 7.22.